The lowest BCUT2D eigenvalue weighted by Crippen LogP contribution is -2.38. The molecule has 1 saturated heterocycles. The maximum Gasteiger partial charge on any atom is 0.150 e. The van der Waals surface area contributed by atoms with Crippen LogP contribution in [0.15, 0.2) is 0 Å². The summed E-state index contributed by atoms with van der Waals surface area (Å²) in [5.74, 6) is -0.270. The molecule has 1 rings (SSSR count). The molecule has 0 bridgehead atoms. The van der Waals surface area contributed by atoms with E-state index in [0.717, 1.165) is 0 Å². The first-order chi connectivity index (χ1) is 4.97. The highest BCUT2D eigenvalue weighted by molar-refractivity contribution is 7.91. The molecule has 1 N–H and O–H groups in total. The van der Waals surface area contributed by atoms with E-state index in [1.165, 1.54) is 0 Å². The molecule has 5 heteroatoms. The Hall–Kier alpha value is -0.160. The van der Waals surface area contributed by atoms with Gasteiger partial charge in [-0.3, -0.25) is 0 Å². The number of aliphatic hydroxyl groups excluding tert-OH is 1. The maximum atomic E-state index is 13.1. The van der Waals surface area contributed by atoms with Crippen molar-refractivity contribution in [1.82, 2.24) is 0 Å². The summed E-state index contributed by atoms with van der Waals surface area (Å²) in [6.45, 7) is -0.567. The van der Waals surface area contributed by atoms with Crippen LogP contribution in [0.3, 0.4) is 0 Å². The van der Waals surface area contributed by atoms with Gasteiger partial charge < -0.3 is 5.11 Å². The number of rotatable bonds is 1. The highest BCUT2D eigenvalue weighted by Crippen LogP contribution is 2.26. The Morgan fingerprint density at radius 3 is 2.18 bits per heavy atom. The fourth-order valence-corrected chi connectivity index (χ4v) is 2.62. The number of sulfone groups is 1. The largest absolute Gasteiger partial charge is 0.393 e. The monoisotopic (exact) mass is 182 g/mol. The molecule has 1 aliphatic heterocycles. The molecule has 1 fully saturated rings. The van der Waals surface area contributed by atoms with Crippen LogP contribution in [0, 0.1) is 0 Å². The van der Waals surface area contributed by atoms with Crippen LogP contribution in [-0.4, -0.2) is 37.3 Å². The lowest BCUT2D eigenvalue weighted by Gasteiger charge is -2.26. The summed E-state index contributed by atoms with van der Waals surface area (Å²) < 4.78 is 34.7. The van der Waals surface area contributed by atoms with Gasteiger partial charge in [-0.2, -0.15) is 0 Å². The van der Waals surface area contributed by atoms with E-state index in [1.54, 1.807) is 0 Å². The second kappa shape index (κ2) is 2.71. The van der Waals surface area contributed by atoms with E-state index < -0.39 is 22.1 Å². The second-order valence-electron chi connectivity index (χ2n) is 2.96. The lowest BCUT2D eigenvalue weighted by molar-refractivity contribution is 0.0617. The van der Waals surface area contributed by atoms with Crippen molar-refractivity contribution in [3.8, 4) is 0 Å². The summed E-state index contributed by atoms with van der Waals surface area (Å²) in [4.78, 5) is 0. The standard InChI is InChI=1S/C6H11FO3S/c7-6(5-8)1-3-11(9,10)4-2-6/h8H,1-5H2. The summed E-state index contributed by atoms with van der Waals surface area (Å²) in [5, 5.41) is 8.55. The first-order valence-corrected chi connectivity index (χ1v) is 5.30. The van der Waals surface area contributed by atoms with Gasteiger partial charge in [-0.05, 0) is 12.8 Å². The predicted molar refractivity (Wildman–Crippen MR) is 38.8 cm³/mol. The first kappa shape index (κ1) is 8.93. The second-order valence-corrected chi connectivity index (χ2v) is 5.26. The quantitative estimate of drug-likeness (QED) is 0.616. The van der Waals surface area contributed by atoms with Crippen LogP contribution in [0.1, 0.15) is 12.8 Å². The minimum Gasteiger partial charge on any atom is -0.393 e. The number of hydrogen-bond donors (Lipinski definition) is 1. The third-order valence-electron chi connectivity index (χ3n) is 2.01. The van der Waals surface area contributed by atoms with Crippen LogP contribution >= 0.6 is 0 Å². The Morgan fingerprint density at radius 2 is 1.82 bits per heavy atom. The third-order valence-corrected chi connectivity index (χ3v) is 3.66. The SMILES string of the molecule is O=S1(=O)CCC(F)(CO)CC1. The van der Waals surface area contributed by atoms with E-state index in [4.69, 9.17) is 5.11 Å². The van der Waals surface area contributed by atoms with Crippen molar-refractivity contribution in [1.29, 1.82) is 0 Å². The van der Waals surface area contributed by atoms with Gasteiger partial charge in [-0.15, -0.1) is 0 Å². The van der Waals surface area contributed by atoms with Crippen LogP contribution in [0.25, 0.3) is 0 Å². The lowest BCUT2D eigenvalue weighted by atomic mass is 10.0. The molecule has 0 radical (unpaired) electrons. The minimum atomic E-state index is -3.02. The predicted octanol–water partition coefficient (Wildman–Crippen LogP) is -0.104. The molecule has 0 aliphatic carbocycles. The van der Waals surface area contributed by atoms with Gasteiger partial charge in [0.2, 0.25) is 0 Å². The fraction of sp³-hybridized carbons (Fsp3) is 1.00. The Morgan fingerprint density at radius 1 is 1.36 bits per heavy atom. The Labute approximate surface area is 65.1 Å². The van der Waals surface area contributed by atoms with Gasteiger partial charge in [0.25, 0.3) is 0 Å². The van der Waals surface area contributed by atoms with Gasteiger partial charge in [0.15, 0.2) is 9.84 Å². The number of hydrogen-bond acceptors (Lipinski definition) is 3. The van der Waals surface area contributed by atoms with Crippen LogP contribution in [0.2, 0.25) is 0 Å². The average Bonchev–Trinajstić information content (AvgIpc) is 1.97. The van der Waals surface area contributed by atoms with E-state index in [9.17, 15) is 12.8 Å². The first-order valence-electron chi connectivity index (χ1n) is 3.48. The summed E-state index contributed by atoms with van der Waals surface area (Å²) in [5.41, 5.74) is -1.65. The zero-order valence-corrected chi connectivity index (χ0v) is 6.90. The normalized spacial score (nSPS) is 28.2. The topological polar surface area (TPSA) is 54.4 Å². The molecule has 3 nitrogen and oxygen atoms in total. The highest BCUT2D eigenvalue weighted by Gasteiger charge is 2.36. The Kier molecular flexibility index (Phi) is 2.20. The van der Waals surface area contributed by atoms with Gasteiger partial charge in [0.1, 0.15) is 5.67 Å². The van der Waals surface area contributed by atoms with Crippen molar-refractivity contribution in [3.05, 3.63) is 0 Å². The summed E-state index contributed by atoms with van der Waals surface area (Å²) in [6.07, 6.45) is -0.127. The van der Waals surface area contributed by atoms with E-state index >= 15 is 0 Å². The van der Waals surface area contributed by atoms with Crippen molar-refractivity contribution in [2.75, 3.05) is 18.1 Å². The van der Waals surface area contributed by atoms with Gasteiger partial charge in [-0.1, -0.05) is 0 Å². The molecule has 0 aromatic rings. The molecule has 0 saturated carbocycles. The van der Waals surface area contributed by atoms with Gasteiger partial charge in [0.05, 0.1) is 18.1 Å². The molecular weight excluding hydrogens is 171 g/mol. The molecule has 11 heavy (non-hydrogen) atoms. The van der Waals surface area contributed by atoms with Crippen molar-refractivity contribution >= 4 is 9.84 Å². The number of halogens is 1. The molecular formula is C6H11FO3S. The molecule has 1 heterocycles. The van der Waals surface area contributed by atoms with E-state index in [2.05, 4.69) is 0 Å². The van der Waals surface area contributed by atoms with E-state index in [1.807, 2.05) is 0 Å². The van der Waals surface area contributed by atoms with Crippen molar-refractivity contribution in [3.63, 3.8) is 0 Å². The van der Waals surface area contributed by atoms with Crippen LogP contribution < -0.4 is 0 Å². The molecule has 0 amide bonds. The van der Waals surface area contributed by atoms with Gasteiger partial charge in [-0.25, -0.2) is 12.8 Å². The van der Waals surface area contributed by atoms with Gasteiger partial charge >= 0.3 is 0 Å². The maximum absolute atomic E-state index is 13.1. The highest BCUT2D eigenvalue weighted by atomic mass is 32.2. The Bertz CT molecular complexity index is 220. The van der Waals surface area contributed by atoms with E-state index in [-0.39, 0.29) is 24.3 Å². The average molecular weight is 182 g/mol. The molecule has 0 unspecified atom stereocenters. The molecule has 1 aliphatic rings. The summed E-state index contributed by atoms with van der Waals surface area (Å²) in [7, 11) is -3.02. The fourth-order valence-electron chi connectivity index (χ4n) is 1.06. The van der Waals surface area contributed by atoms with Crippen molar-refractivity contribution in [2.45, 2.75) is 18.5 Å². The zero-order valence-electron chi connectivity index (χ0n) is 6.09. The molecule has 0 atom stereocenters. The van der Waals surface area contributed by atoms with Crippen LogP contribution in [0.4, 0.5) is 4.39 Å². The van der Waals surface area contributed by atoms with Crippen molar-refractivity contribution in [2.24, 2.45) is 0 Å². The number of aliphatic hydroxyl groups is 1. The van der Waals surface area contributed by atoms with Crippen LogP contribution in [0.5, 0.6) is 0 Å². The van der Waals surface area contributed by atoms with E-state index in [0.29, 0.717) is 0 Å². The molecule has 66 valence electrons. The molecule has 0 spiro atoms. The third kappa shape index (κ3) is 2.13. The summed E-state index contributed by atoms with van der Waals surface area (Å²) >= 11 is 0. The van der Waals surface area contributed by atoms with Crippen LogP contribution in [-0.2, 0) is 9.84 Å². The molecule has 0 aromatic heterocycles. The minimum absolute atomic E-state index is 0.0637. The Balaban J connectivity index is 2.62. The number of alkyl halides is 1. The smallest absolute Gasteiger partial charge is 0.150 e. The molecule has 0 aromatic carbocycles. The van der Waals surface area contributed by atoms with Crippen molar-refractivity contribution < 1.29 is 17.9 Å². The van der Waals surface area contributed by atoms with Gasteiger partial charge in [0, 0.05) is 0 Å². The zero-order chi connectivity index (χ0) is 8.54. The summed E-state index contributed by atoms with van der Waals surface area (Å²) in [6, 6.07) is 0.